The van der Waals surface area contributed by atoms with Gasteiger partial charge >= 0.3 is 5.70 Å². The Morgan fingerprint density at radius 3 is 2.75 bits per heavy atom. The fourth-order valence-corrected chi connectivity index (χ4v) is 0.313. The van der Waals surface area contributed by atoms with Crippen molar-refractivity contribution in [2.75, 3.05) is 0 Å². The predicted molar refractivity (Wildman–Crippen MR) is 25.7 cm³/mol. The molecular formula is C3H2N3O2. The monoisotopic (exact) mass is 112 g/mol. The smallest absolute Gasteiger partial charge is 0.258 e. The highest BCUT2D eigenvalue weighted by Crippen LogP contribution is 1.94. The molecule has 5 heteroatoms. The van der Waals surface area contributed by atoms with Gasteiger partial charge in [-0.15, -0.1) is 0 Å². The average molecular weight is 112 g/mol. The Kier molecular flexibility index (Phi) is 0.957. The van der Waals surface area contributed by atoms with Crippen LogP contribution < -0.4 is 5.43 Å². The molecule has 1 aliphatic rings. The fraction of sp³-hybridized carbons (Fsp3) is 0. The van der Waals surface area contributed by atoms with Gasteiger partial charge in [-0.05, 0) is 0 Å². The van der Waals surface area contributed by atoms with Gasteiger partial charge in [-0.1, -0.05) is 0 Å². The summed E-state index contributed by atoms with van der Waals surface area (Å²) in [4.78, 5) is 9.25. The first kappa shape index (κ1) is 4.76. The Morgan fingerprint density at radius 1 is 1.75 bits per heavy atom. The topological polar surface area (TPSA) is 69.6 Å². The molecule has 0 aliphatic carbocycles. The van der Waals surface area contributed by atoms with Crippen LogP contribution in [0.4, 0.5) is 0 Å². The molecule has 41 valence electrons. The van der Waals surface area contributed by atoms with Crippen LogP contribution in [0.25, 0.3) is 0 Å². The molecule has 0 atom stereocenters. The van der Waals surface area contributed by atoms with Crippen molar-refractivity contribution in [3.63, 3.8) is 0 Å². The van der Waals surface area contributed by atoms with Crippen LogP contribution in [0.15, 0.2) is 17.0 Å². The van der Waals surface area contributed by atoms with Crippen LogP contribution in [0.5, 0.6) is 0 Å². The normalized spacial score (nSPS) is 15.2. The minimum atomic E-state index is -0.542. The van der Waals surface area contributed by atoms with Crippen LogP contribution in [-0.2, 0) is 0 Å². The molecule has 0 N–H and O–H groups in total. The lowest BCUT2D eigenvalue weighted by molar-refractivity contribution is -0.414. The number of nitro groups is 1. The van der Waals surface area contributed by atoms with Gasteiger partial charge < -0.3 is 0 Å². The zero-order chi connectivity index (χ0) is 5.98. The lowest BCUT2D eigenvalue weighted by Gasteiger charge is -1.78. The maximum Gasteiger partial charge on any atom is 0.309 e. The molecule has 0 unspecified atom stereocenters. The summed E-state index contributed by atoms with van der Waals surface area (Å²) in [6.45, 7) is 0. The summed E-state index contributed by atoms with van der Waals surface area (Å²) >= 11 is 0. The Bertz CT molecular complexity index is 171. The van der Waals surface area contributed by atoms with E-state index < -0.39 is 4.92 Å². The van der Waals surface area contributed by atoms with E-state index in [-0.39, 0.29) is 5.70 Å². The molecule has 0 fully saturated rings. The number of nitrogens with zero attached hydrogens (tertiary/aromatic N) is 3. The predicted octanol–water partition coefficient (Wildman–Crippen LogP) is -0.292. The van der Waals surface area contributed by atoms with E-state index in [2.05, 4.69) is 10.5 Å². The zero-order valence-corrected chi connectivity index (χ0v) is 3.81. The van der Waals surface area contributed by atoms with Gasteiger partial charge in [0.2, 0.25) is 0 Å². The van der Waals surface area contributed by atoms with E-state index >= 15 is 0 Å². The third kappa shape index (κ3) is 0.651. The Morgan fingerprint density at radius 2 is 2.50 bits per heavy atom. The standard InChI is InChI=1S/C3H2N3O2/c7-6(8)3-1-4-5-2-3/h1-2H. The number of allylic oxidation sites excluding steroid dienone is 1. The molecule has 0 saturated carbocycles. The van der Waals surface area contributed by atoms with E-state index in [0.717, 1.165) is 12.4 Å². The molecule has 1 radical (unpaired) electrons. The highest BCUT2D eigenvalue weighted by molar-refractivity contribution is 5.76. The maximum atomic E-state index is 9.79. The first-order valence-corrected chi connectivity index (χ1v) is 1.88. The summed E-state index contributed by atoms with van der Waals surface area (Å²) in [6.07, 6.45) is 2.19. The minimum Gasteiger partial charge on any atom is -0.258 e. The molecule has 1 rings (SSSR count). The molecule has 0 bridgehead atoms. The second-order valence-corrected chi connectivity index (χ2v) is 1.17. The molecule has 5 nitrogen and oxygen atoms in total. The summed E-state index contributed by atoms with van der Waals surface area (Å²) in [5.74, 6) is 0. The molecule has 8 heavy (non-hydrogen) atoms. The van der Waals surface area contributed by atoms with Crippen molar-refractivity contribution in [2.24, 2.45) is 5.10 Å². The first-order valence-electron chi connectivity index (χ1n) is 1.88. The molecule has 1 heterocycles. The van der Waals surface area contributed by atoms with Crippen LogP contribution in [-0.4, -0.2) is 11.1 Å². The van der Waals surface area contributed by atoms with E-state index in [9.17, 15) is 10.1 Å². The molecule has 0 aromatic rings. The largest absolute Gasteiger partial charge is 0.309 e. The quantitative estimate of drug-likeness (QED) is 0.345. The Labute approximate surface area is 44.8 Å². The van der Waals surface area contributed by atoms with Gasteiger partial charge in [0.05, 0.1) is 4.92 Å². The average Bonchev–Trinajstić information content (AvgIpc) is 2.12. The van der Waals surface area contributed by atoms with Crippen molar-refractivity contribution in [3.8, 4) is 0 Å². The zero-order valence-electron chi connectivity index (χ0n) is 3.81. The number of hydrogen-bond donors (Lipinski definition) is 0. The highest BCUT2D eigenvalue weighted by atomic mass is 16.6. The number of rotatable bonds is 1. The highest BCUT2D eigenvalue weighted by Gasteiger charge is 2.10. The van der Waals surface area contributed by atoms with Gasteiger partial charge in [0.1, 0.15) is 12.4 Å². The van der Waals surface area contributed by atoms with E-state index in [1.54, 1.807) is 0 Å². The lowest BCUT2D eigenvalue weighted by Crippen LogP contribution is -1.96. The van der Waals surface area contributed by atoms with Gasteiger partial charge in [0.15, 0.2) is 0 Å². The molecule has 0 aromatic heterocycles. The molecule has 0 saturated heterocycles. The fourth-order valence-electron chi connectivity index (χ4n) is 0.313. The van der Waals surface area contributed by atoms with Gasteiger partial charge in [-0.3, -0.25) is 10.1 Å². The maximum absolute atomic E-state index is 9.79. The minimum absolute atomic E-state index is 0.0648. The summed E-state index contributed by atoms with van der Waals surface area (Å²) in [5, 5.41) is 13.0. The molecule has 0 spiro atoms. The Hall–Kier alpha value is -1.39. The third-order valence-corrected chi connectivity index (χ3v) is 0.657. The number of hydrogen-bond acceptors (Lipinski definition) is 3. The van der Waals surface area contributed by atoms with Crippen molar-refractivity contribution in [1.29, 1.82) is 0 Å². The van der Waals surface area contributed by atoms with Gasteiger partial charge in [0, 0.05) is 0 Å². The second-order valence-electron chi connectivity index (χ2n) is 1.17. The first-order chi connectivity index (χ1) is 3.80. The van der Waals surface area contributed by atoms with Crippen molar-refractivity contribution in [2.45, 2.75) is 0 Å². The Balaban J connectivity index is 2.72. The van der Waals surface area contributed by atoms with Gasteiger partial charge in [0.25, 0.3) is 0 Å². The summed E-state index contributed by atoms with van der Waals surface area (Å²) in [7, 11) is 0. The third-order valence-electron chi connectivity index (χ3n) is 0.657. The van der Waals surface area contributed by atoms with Crippen LogP contribution in [0.2, 0.25) is 0 Å². The van der Waals surface area contributed by atoms with E-state index in [0.29, 0.717) is 0 Å². The van der Waals surface area contributed by atoms with Crippen LogP contribution >= 0.6 is 0 Å². The van der Waals surface area contributed by atoms with Crippen molar-refractivity contribution in [3.05, 3.63) is 22.0 Å². The van der Waals surface area contributed by atoms with Crippen LogP contribution in [0.1, 0.15) is 0 Å². The van der Waals surface area contributed by atoms with Gasteiger partial charge in [-0.25, -0.2) is 0 Å². The van der Waals surface area contributed by atoms with E-state index in [1.165, 1.54) is 0 Å². The molecular weight excluding hydrogens is 110 g/mol. The van der Waals surface area contributed by atoms with Crippen LogP contribution in [0.3, 0.4) is 0 Å². The van der Waals surface area contributed by atoms with E-state index in [4.69, 9.17) is 0 Å². The molecule has 1 aliphatic heterocycles. The SMILES string of the molecule is O=[N+]([O-])C1=C[N]N=C1. The molecule has 0 aromatic carbocycles. The van der Waals surface area contributed by atoms with Crippen molar-refractivity contribution >= 4 is 6.21 Å². The van der Waals surface area contributed by atoms with Crippen molar-refractivity contribution in [1.82, 2.24) is 5.43 Å². The summed E-state index contributed by atoms with van der Waals surface area (Å²) in [6, 6.07) is 0. The van der Waals surface area contributed by atoms with Crippen molar-refractivity contribution < 1.29 is 4.92 Å². The van der Waals surface area contributed by atoms with Gasteiger partial charge in [-0.2, -0.15) is 10.5 Å². The summed E-state index contributed by atoms with van der Waals surface area (Å²) < 4.78 is 0. The lowest BCUT2D eigenvalue weighted by atomic mass is 10.6. The molecule has 0 amide bonds. The summed E-state index contributed by atoms with van der Waals surface area (Å²) in [5.41, 5.74) is 3.19. The second kappa shape index (κ2) is 1.61. The van der Waals surface area contributed by atoms with Crippen LogP contribution in [0, 0.1) is 10.1 Å². The van der Waals surface area contributed by atoms with E-state index in [1.807, 2.05) is 0 Å².